The number of carbonyl (C=O) groups excluding carboxylic acids is 1. The van der Waals surface area contributed by atoms with Gasteiger partial charge < -0.3 is 4.57 Å². The molecule has 0 spiro atoms. The first-order valence-corrected chi connectivity index (χ1v) is 12.9. The van der Waals surface area contributed by atoms with Crippen molar-refractivity contribution in [2.75, 3.05) is 11.4 Å². The Morgan fingerprint density at radius 3 is 2.33 bits per heavy atom. The van der Waals surface area contributed by atoms with Gasteiger partial charge in [-0.1, -0.05) is 35.9 Å². The molecular formula is C27H25ClN4O3S. The maximum absolute atomic E-state index is 12.8. The molecule has 0 saturated carbocycles. The molecule has 4 aromatic rings. The fourth-order valence-corrected chi connectivity index (χ4v) is 5.27. The molecule has 9 heteroatoms. The summed E-state index contributed by atoms with van der Waals surface area (Å²) in [6.45, 7) is 3.95. The van der Waals surface area contributed by atoms with Gasteiger partial charge in [0.15, 0.2) is 0 Å². The summed E-state index contributed by atoms with van der Waals surface area (Å²) >= 11 is 6.14. The van der Waals surface area contributed by atoms with Crippen LogP contribution in [0, 0.1) is 13.8 Å². The topological polar surface area (TPSA) is 83.8 Å². The van der Waals surface area contributed by atoms with Gasteiger partial charge in [0.25, 0.3) is 15.9 Å². The van der Waals surface area contributed by atoms with Gasteiger partial charge in [0.05, 0.1) is 16.8 Å². The fraction of sp³-hybridized carbons (Fsp3) is 0.111. The SMILES string of the molecule is Cc1cc(/C=N\NC(=O)c2ccc(N(C)S(=O)(=O)c3ccccc3)cc2)c(C)n1-c1cccc(Cl)c1. The smallest absolute Gasteiger partial charge is 0.271 e. The number of anilines is 1. The maximum Gasteiger partial charge on any atom is 0.271 e. The predicted octanol–water partition coefficient (Wildman–Crippen LogP) is 5.34. The van der Waals surface area contributed by atoms with Crippen LogP contribution in [0.1, 0.15) is 27.3 Å². The highest BCUT2D eigenvalue weighted by Gasteiger charge is 2.21. The number of hydrazone groups is 1. The lowest BCUT2D eigenvalue weighted by atomic mass is 10.2. The standard InChI is InChI=1S/C27H25ClN4O3S/c1-19-16-22(20(2)32(19)25-9-7-8-23(28)17-25)18-29-30-27(33)21-12-14-24(15-13-21)31(3)36(34,35)26-10-5-4-6-11-26/h4-18H,1-3H3,(H,30,33)/b29-18-. The Hall–Kier alpha value is -3.88. The van der Waals surface area contributed by atoms with Crippen LogP contribution in [0.5, 0.6) is 0 Å². The van der Waals surface area contributed by atoms with Crippen LogP contribution in [0.25, 0.3) is 5.69 Å². The molecule has 36 heavy (non-hydrogen) atoms. The molecule has 1 heterocycles. The molecule has 0 aliphatic heterocycles. The minimum Gasteiger partial charge on any atom is -0.318 e. The molecule has 0 aliphatic rings. The Morgan fingerprint density at radius 2 is 1.67 bits per heavy atom. The number of halogens is 1. The zero-order valence-electron chi connectivity index (χ0n) is 20.0. The maximum atomic E-state index is 12.8. The molecule has 1 N–H and O–H groups in total. The second kappa shape index (κ2) is 10.4. The summed E-state index contributed by atoms with van der Waals surface area (Å²) in [5.74, 6) is -0.407. The number of carbonyl (C=O) groups is 1. The number of benzene rings is 3. The molecule has 0 saturated heterocycles. The van der Waals surface area contributed by atoms with Gasteiger partial charge >= 0.3 is 0 Å². The van der Waals surface area contributed by atoms with Crippen LogP contribution in [-0.4, -0.2) is 32.2 Å². The van der Waals surface area contributed by atoms with Gasteiger partial charge in [0.1, 0.15) is 0 Å². The largest absolute Gasteiger partial charge is 0.318 e. The van der Waals surface area contributed by atoms with Crippen LogP contribution in [0.4, 0.5) is 5.69 Å². The molecule has 1 amide bonds. The molecule has 3 aromatic carbocycles. The van der Waals surface area contributed by atoms with Crippen molar-refractivity contribution in [1.29, 1.82) is 0 Å². The third-order valence-corrected chi connectivity index (χ3v) is 7.84. The van der Waals surface area contributed by atoms with Crippen molar-refractivity contribution < 1.29 is 13.2 Å². The van der Waals surface area contributed by atoms with E-state index in [0.29, 0.717) is 16.3 Å². The monoisotopic (exact) mass is 520 g/mol. The third-order valence-electron chi connectivity index (χ3n) is 5.80. The average Bonchev–Trinajstić information content (AvgIpc) is 3.16. The Kier molecular flexibility index (Phi) is 7.28. The van der Waals surface area contributed by atoms with Crippen molar-refractivity contribution in [1.82, 2.24) is 9.99 Å². The van der Waals surface area contributed by atoms with Crippen LogP contribution in [0.15, 0.2) is 94.9 Å². The van der Waals surface area contributed by atoms with Gasteiger partial charge in [-0.05, 0) is 74.5 Å². The minimum absolute atomic E-state index is 0.193. The Balaban J connectivity index is 1.45. The molecule has 184 valence electrons. The Bertz CT molecular complexity index is 1530. The van der Waals surface area contributed by atoms with Crippen LogP contribution < -0.4 is 9.73 Å². The van der Waals surface area contributed by atoms with E-state index in [9.17, 15) is 13.2 Å². The fourth-order valence-electron chi connectivity index (χ4n) is 3.87. The molecular weight excluding hydrogens is 496 g/mol. The first-order valence-electron chi connectivity index (χ1n) is 11.1. The summed E-state index contributed by atoms with van der Waals surface area (Å²) in [4.78, 5) is 12.8. The number of aryl methyl sites for hydroxylation is 1. The number of sulfonamides is 1. The number of hydrogen-bond acceptors (Lipinski definition) is 4. The molecule has 0 atom stereocenters. The van der Waals surface area contributed by atoms with Crippen molar-refractivity contribution in [3.8, 4) is 5.69 Å². The predicted molar refractivity (Wildman–Crippen MR) is 144 cm³/mol. The number of aromatic nitrogens is 1. The first kappa shape index (κ1) is 25.2. The molecule has 1 aromatic heterocycles. The van der Waals surface area contributed by atoms with Gasteiger partial charge in [-0.3, -0.25) is 9.10 Å². The highest BCUT2D eigenvalue weighted by Crippen LogP contribution is 2.23. The summed E-state index contributed by atoms with van der Waals surface area (Å²) in [7, 11) is -2.22. The summed E-state index contributed by atoms with van der Waals surface area (Å²) in [6.07, 6.45) is 1.59. The van der Waals surface area contributed by atoms with Gasteiger partial charge in [0, 0.05) is 40.3 Å². The lowest BCUT2D eigenvalue weighted by Gasteiger charge is -2.19. The molecule has 0 fully saturated rings. The highest BCUT2D eigenvalue weighted by molar-refractivity contribution is 7.92. The first-order chi connectivity index (χ1) is 17.2. The van der Waals surface area contributed by atoms with Crippen LogP contribution in [-0.2, 0) is 10.0 Å². The zero-order chi connectivity index (χ0) is 25.9. The molecule has 7 nitrogen and oxygen atoms in total. The second-order valence-corrected chi connectivity index (χ2v) is 10.6. The quantitative estimate of drug-likeness (QED) is 0.264. The summed E-state index contributed by atoms with van der Waals surface area (Å²) in [5.41, 5.74) is 7.08. The second-order valence-electron chi connectivity index (χ2n) is 8.17. The van der Waals surface area contributed by atoms with E-state index in [1.165, 1.54) is 23.5 Å². The average molecular weight is 521 g/mol. The highest BCUT2D eigenvalue weighted by atomic mass is 35.5. The zero-order valence-corrected chi connectivity index (χ0v) is 21.6. The van der Waals surface area contributed by atoms with Crippen LogP contribution in [0.3, 0.4) is 0 Å². The third kappa shape index (κ3) is 5.19. The van der Waals surface area contributed by atoms with Crippen LogP contribution in [0.2, 0.25) is 5.02 Å². The van der Waals surface area contributed by atoms with Gasteiger partial charge in [0.2, 0.25) is 0 Å². The van der Waals surface area contributed by atoms with Crippen molar-refractivity contribution in [3.05, 3.63) is 112 Å². The van der Waals surface area contributed by atoms with Gasteiger partial charge in [-0.25, -0.2) is 13.8 Å². The van der Waals surface area contributed by atoms with Crippen molar-refractivity contribution >= 4 is 39.4 Å². The van der Waals surface area contributed by atoms with Gasteiger partial charge in [-0.15, -0.1) is 0 Å². The molecule has 0 radical (unpaired) electrons. The summed E-state index contributed by atoms with van der Waals surface area (Å²) in [6, 6.07) is 24.0. The number of nitrogens with one attached hydrogen (secondary N) is 1. The molecule has 0 bridgehead atoms. The molecule has 0 unspecified atom stereocenters. The molecule has 0 aliphatic carbocycles. The Morgan fingerprint density at radius 1 is 0.972 bits per heavy atom. The number of hydrogen-bond donors (Lipinski definition) is 1. The number of rotatable bonds is 7. The minimum atomic E-state index is -3.70. The van der Waals surface area contributed by atoms with Gasteiger partial charge in [-0.2, -0.15) is 5.10 Å². The van der Waals surface area contributed by atoms with Crippen molar-refractivity contribution in [2.45, 2.75) is 18.7 Å². The van der Waals surface area contributed by atoms with E-state index in [1.54, 1.807) is 48.7 Å². The summed E-state index contributed by atoms with van der Waals surface area (Å²) < 4.78 is 28.9. The summed E-state index contributed by atoms with van der Waals surface area (Å²) in [5, 5.41) is 4.76. The van der Waals surface area contributed by atoms with Crippen molar-refractivity contribution in [2.24, 2.45) is 5.10 Å². The van der Waals surface area contributed by atoms with E-state index in [-0.39, 0.29) is 4.90 Å². The van der Waals surface area contributed by atoms with Crippen molar-refractivity contribution in [3.63, 3.8) is 0 Å². The number of nitrogens with zero attached hydrogens (tertiary/aromatic N) is 3. The normalized spacial score (nSPS) is 11.6. The van der Waals surface area contributed by atoms with E-state index in [4.69, 9.17) is 11.6 Å². The van der Waals surface area contributed by atoms with E-state index in [2.05, 4.69) is 15.1 Å². The van der Waals surface area contributed by atoms with E-state index in [0.717, 1.165) is 22.6 Å². The van der Waals surface area contributed by atoms with E-state index in [1.807, 2.05) is 44.2 Å². The van der Waals surface area contributed by atoms with Crippen LogP contribution >= 0.6 is 11.6 Å². The lowest BCUT2D eigenvalue weighted by Crippen LogP contribution is -2.26. The lowest BCUT2D eigenvalue weighted by molar-refractivity contribution is 0.0955. The van der Waals surface area contributed by atoms with E-state index < -0.39 is 15.9 Å². The van der Waals surface area contributed by atoms with E-state index >= 15 is 0 Å². The number of amides is 1. The molecule has 4 rings (SSSR count). The Labute approximate surface area is 215 Å².